The average Bonchev–Trinajstić information content (AvgIpc) is 2.03. The maximum Gasteiger partial charge on any atom is 0.0735 e. The van der Waals surface area contributed by atoms with Crippen LogP contribution in [-0.4, -0.2) is 25.8 Å². The summed E-state index contributed by atoms with van der Waals surface area (Å²) in [5, 5.41) is 3.24. The molecule has 0 aromatic heterocycles. The smallest absolute Gasteiger partial charge is 0.0735 e. The van der Waals surface area contributed by atoms with Crippen molar-refractivity contribution in [3.8, 4) is 0 Å². The summed E-state index contributed by atoms with van der Waals surface area (Å²) in [5.41, 5.74) is 5.19. The highest BCUT2D eigenvalue weighted by atomic mass is 16.5. The summed E-state index contributed by atoms with van der Waals surface area (Å²) >= 11 is 0. The Morgan fingerprint density at radius 3 is 3.20 bits per heavy atom. The summed E-state index contributed by atoms with van der Waals surface area (Å²) in [6.07, 6.45) is 4.74. The van der Waals surface area contributed by atoms with Crippen LogP contribution in [0.2, 0.25) is 0 Å². The minimum atomic E-state index is 0.327. The Bertz CT molecular complexity index is 108. The molecule has 1 fully saturated rings. The van der Waals surface area contributed by atoms with Gasteiger partial charge < -0.3 is 15.8 Å². The average molecular weight is 142 g/mol. The predicted molar refractivity (Wildman–Crippen MR) is 40.6 cm³/mol. The van der Waals surface area contributed by atoms with Gasteiger partial charge in [0.2, 0.25) is 0 Å². The minimum absolute atomic E-state index is 0.327. The van der Waals surface area contributed by atoms with Gasteiger partial charge in [0.15, 0.2) is 0 Å². The van der Waals surface area contributed by atoms with E-state index < -0.39 is 0 Å². The van der Waals surface area contributed by atoms with Gasteiger partial charge in [0.25, 0.3) is 0 Å². The highest BCUT2D eigenvalue weighted by molar-refractivity contribution is 4.82. The van der Waals surface area contributed by atoms with Gasteiger partial charge in [0, 0.05) is 13.1 Å². The van der Waals surface area contributed by atoms with E-state index in [0.717, 1.165) is 26.1 Å². The molecule has 0 saturated carbocycles. The van der Waals surface area contributed by atoms with E-state index in [2.05, 4.69) is 5.32 Å². The highest BCUT2D eigenvalue weighted by Gasteiger charge is 2.10. The van der Waals surface area contributed by atoms with E-state index in [0.29, 0.717) is 6.10 Å². The third kappa shape index (κ3) is 2.37. The van der Waals surface area contributed by atoms with Crippen LogP contribution in [0.3, 0.4) is 0 Å². The molecule has 0 aromatic carbocycles. The predicted octanol–water partition coefficient (Wildman–Crippen LogP) is -0.163. The lowest BCUT2D eigenvalue weighted by atomic mass is 10.2. The number of hydrogen-bond donors (Lipinski definition) is 2. The molecule has 3 nitrogen and oxygen atoms in total. The molecule has 0 amide bonds. The Balaban J connectivity index is 2.13. The fourth-order valence-electron chi connectivity index (χ4n) is 1.00. The first kappa shape index (κ1) is 7.57. The highest BCUT2D eigenvalue weighted by Crippen LogP contribution is 2.00. The Morgan fingerprint density at radius 1 is 1.70 bits per heavy atom. The van der Waals surface area contributed by atoms with Crippen LogP contribution < -0.4 is 11.1 Å². The number of hydrogen-bond acceptors (Lipinski definition) is 3. The molecule has 0 aromatic rings. The van der Waals surface area contributed by atoms with Crippen LogP contribution in [-0.2, 0) is 4.74 Å². The van der Waals surface area contributed by atoms with E-state index in [9.17, 15) is 0 Å². The summed E-state index contributed by atoms with van der Waals surface area (Å²) < 4.78 is 5.41. The van der Waals surface area contributed by atoms with Crippen molar-refractivity contribution in [3.05, 3.63) is 12.3 Å². The lowest BCUT2D eigenvalue weighted by Crippen LogP contribution is -2.38. The molecule has 0 radical (unpaired) electrons. The topological polar surface area (TPSA) is 47.3 Å². The zero-order chi connectivity index (χ0) is 7.23. The molecule has 1 saturated heterocycles. The summed E-state index contributed by atoms with van der Waals surface area (Å²) in [6, 6.07) is 0. The molecule has 58 valence electrons. The van der Waals surface area contributed by atoms with Gasteiger partial charge in [0.05, 0.1) is 12.7 Å². The summed E-state index contributed by atoms with van der Waals surface area (Å²) in [4.78, 5) is 0. The first-order chi connectivity index (χ1) is 4.93. The molecule has 0 spiro atoms. The Morgan fingerprint density at radius 2 is 2.60 bits per heavy atom. The van der Waals surface area contributed by atoms with Crippen molar-refractivity contribution >= 4 is 0 Å². The van der Waals surface area contributed by atoms with Crippen molar-refractivity contribution in [1.29, 1.82) is 0 Å². The quantitative estimate of drug-likeness (QED) is 0.563. The zero-order valence-electron chi connectivity index (χ0n) is 6.05. The second kappa shape index (κ2) is 4.30. The van der Waals surface area contributed by atoms with Crippen LogP contribution in [0, 0.1) is 0 Å². The standard InChI is InChI=1S/C7H14N2O/c8-3-1-2-7-6-9-4-5-10-7/h1,3,7,9H,2,4-6,8H2. The van der Waals surface area contributed by atoms with Crippen LogP contribution in [0.4, 0.5) is 0 Å². The molecule has 1 aliphatic heterocycles. The van der Waals surface area contributed by atoms with E-state index in [1.165, 1.54) is 0 Å². The van der Waals surface area contributed by atoms with Crippen molar-refractivity contribution in [3.63, 3.8) is 0 Å². The van der Waals surface area contributed by atoms with Crippen molar-refractivity contribution in [1.82, 2.24) is 5.32 Å². The molecule has 1 aliphatic rings. The molecule has 1 rings (SSSR count). The van der Waals surface area contributed by atoms with Crippen LogP contribution in [0.1, 0.15) is 6.42 Å². The van der Waals surface area contributed by atoms with Crippen molar-refractivity contribution < 1.29 is 4.74 Å². The normalized spacial score (nSPS) is 27.4. The largest absolute Gasteiger partial charge is 0.405 e. The second-order valence-electron chi connectivity index (χ2n) is 2.36. The van der Waals surface area contributed by atoms with Gasteiger partial charge in [-0.25, -0.2) is 0 Å². The summed E-state index contributed by atoms with van der Waals surface area (Å²) in [7, 11) is 0. The third-order valence-corrected chi connectivity index (χ3v) is 1.54. The van der Waals surface area contributed by atoms with Crippen LogP contribution in [0.5, 0.6) is 0 Å². The molecule has 0 bridgehead atoms. The maximum atomic E-state index is 5.41. The van der Waals surface area contributed by atoms with Gasteiger partial charge in [-0.3, -0.25) is 0 Å². The molecule has 1 atom stereocenters. The molecule has 0 aliphatic carbocycles. The Kier molecular flexibility index (Phi) is 3.26. The molecule has 3 heteroatoms. The van der Waals surface area contributed by atoms with Gasteiger partial charge in [0.1, 0.15) is 0 Å². The number of rotatable bonds is 2. The van der Waals surface area contributed by atoms with Gasteiger partial charge in [-0.15, -0.1) is 0 Å². The molecule has 10 heavy (non-hydrogen) atoms. The molecule has 1 unspecified atom stereocenters. The lowest BCUT2D eigenvalue weighted by molar-refractivity contribution is 0.0308. The molecule has 3 N–H and O–H groups in total. The second-order valence-corrected chi connectivity index (χ2v) is 2.36. The van der Waals surface area contributed by atoms with Gasteiger partial charge >= 0.3 is 0 Å². The number of ether oxygens (including phenoxy) is 1. The number of nitrogens with two attached hydrogens (primary N) is 1. The van der Waals surface area contributed by atoms with Crippen LogP contribution in [0.25, 0.3) is 0 Å². The van der Waals surface area contributed by atoms with Crippen molar-refractivity contribution in [2.24, 2.45) is 5.73 Å². The van der Waals surface area contributed by atoms with Gasteiger partial charge in [-0.05, 0) is 12.6 Å². The lowest BCUT2D eigenvalue weighted by Gasteiger charge is -2.22. The van der Waals surface area contributed by atoms with Crippen LogP contribution in [0.15, 0.2) is 12.3 Å². The molecule has 1 heterocycles. The van der Waals surface area contributed by atoms with Crippen LogP contribution >= 0.6 is 0 Å². The molecular weight excluding hydrogens is 128 g/mol. The van der Waals surface area contributed by atoms with Gasteiger partial charge in [-0.2, -0.15) is 0 Å². The van der Waals surface area contributed by atoms with E-state index in [-0.39, 0.29) is 0 Å². The fourth-order valence-corrected chi connectivity index (χ4v) is 1.00. The monoisotopic (exact) mass is 142 g/mol. The third-order valence-electron chi connectivity index (χ3n) is 1.54. The Hall–Kier alpha value is -0.540. The maximum absolute atomic E-state index is 5.41. The zero-order valence-corrected chi connectivity index (χ0v) is 6.05. The minimum Gasteiger partial charge on any atom is -0.405 e. The van der Waals surface area contributed by atoms with Gasteiger partial charge in [-0.1, -0.05) is 6.08 Å². The number of morpholine rings is 1. The van der Waals surface area contributed by atoms with Crippen molar-refractivity contribution in [2.75, 3.05) is 19.7 Å². The van der Waals surface area contributed by atoms with Crippen molar-refractivity contribution in [2.45, 2.75) is 12.5 Å². The fraction of sp³-hybridized carbons (Fsp3) is 0.714. The van der Waals surface area contributed by atoms with E-state index in [1.807, 2.05) is 6.08 Å². The Labute approximate surface area is 61.2 Å². The SMILES string of the molecule is NC=CCC1CNCCO1. The van der Waals surface area contributed by atoms with E-state index in [4.69, 9.17) is 10.5 Å². The van der Waals surface area contributed by atoms with E-state index >= 15 is 0 Å². The number of nitrogens with one attached hydrogen (secondary N) is 1. The van der Waals surface area contributed by atoms with E-state index in [1.54, 1.807) is 6.20 Å². The first-order valence-corrected chi connectivity index (χ1v) is 3.62. The first-order valence-electron chi connectivity index (χ1n) is 3.62. The molecular formula is C7H14N2O. The summed E-state index contributed by atoms with van der Waals surface area (Å²) in [5.74, 6) is 0. The summed E-state index contributed by atoms with van der Waals surface area (Å²) in [6.45, 7) is 2.75.